The number of aromatic nitrogens is 1. The van der Waals surface area contributed by atoms with Crippen LogP contribution in [-0.4, -0.2) is 11.5 Å². The maximum atomic E-state index is 13.3. The second kappa shape index (κ2) is 6.48. The molecule has 4 heteroatoms. The van der Waals surface area contributed by atoms with Crippen molar-refractivity contribution in [1.82, 2.24) is 10.3 Å². The van der Waals surface area contributed by atoms with E-state index in [0.717, 1.165) is 23.6 Å². The number of benzene rings is 1. The van der Waals surface area contributed by atoms with Crippen LogP contribution in [0.4, 0.5) is 4.39 Å². The Morgan fingerprint density at radius 2 is 2.05 bits per heavy atom. The van der Waals surface area contributed by atoms with Crippen LogP contribution >= 0.6 is 0 Å². The minimum absolute atomic E-state index is 0.226. The van der Waals surface area contributed by atoms with Crippen molar-refractivity contribution in [3.8, 4) is 11.5 Å². The lowest BCUT2D eigenvalue weighted by molar-refractivity contribution is 0.469. The summed E-state index contributed by atoms with van der Waals surface area (Å²) in [6, 6.07) is 6.64. The third-order valence-corrected chi connectivity index (χ3v) is 3.00. The Balaban J connectivity index is 2.26. The van der Waals surface area contributed by atoms with E-state index in [1.807, 2.05) is 26.1 Å². The highest BCUT2D eigenvalue weighted by Gasteiger charge is 2.07. The molecule has 2 rings (SSSR count). The van der Waals surface area contributed by atoms with Crippen molar-refractivity contribution in [1.29, 1.82) is 0 Å². The molecule has 1 N–H and O–H groups in total. The van der Waals surface area contributed by atoms with Crippen LogP contribution in [0.5, 0.6) is 11.5 Å². The Morgan fingerprint density at radius 1 is 1.25 bits per heavy atom. The molecule has 0 saturated carbocycles. The van der Waals surface area contributed by atoms with Gasteiger partial charge in [0.1, 0.15) is 17.3 Å². The third-order valence-electron chi connectivity index (χ3n) is 3.00. The molecule has 0 unspecified atom stereocenters. The van der Waals surface area contributed by atoms with Gasteiger partial charge in [-0.3, -0.25) is 4.98 Å². The maximum absolute atomic E-state index is 13.3. The zero-order chi connectivity index (χ0) is 14.5. The fourth-order valence-corrected chi connectivity index (χ4v) is 1.86. The van der Waals surface area contributed by atoms with E-state index in [4.69, 9.17) is 4.74 Å². The number of nitrogens with one attached hydrogen (secondary N) is 1. The van der Waals surface area contributed by atoms with E-state index in [0.29, 0.717) is 17.9 Å². The number of hydrogen-bond acceptors (Lipinski definition) is 3. The number of nitrogens with zero attached hydrogens (tertiary/aromatic N) is 1. The van der Waals surface area contributed by atoms with Gasteiger partial charge in [-0.1, -0.05) is 6.92 Å². The summed E-state index contributed by atoms with van der Waals surface area (Å²) in [5, 5.41) is 3.25. The summed E-state index contributed by atoms with van der Waals surface area (Å²) in [6.07, 6.45) is 1.81. The van der Waals surface area contributed by atoms with Crippen LogP contribution in [0.25, 0.3) is 0 Å². The second-order valence-electron chi connectivity index (χ2n) is 4.73. The molecule has 0 spiro atoms. The van der Waals surface area contributed by atoms with Gasteiger partial charge < -0.3 is 10.1 Å². The standard InChI is InChI=1S/C16H19FN2O/c1-4-18-9-13-10-19-12(3)8-16(13)20-14-5-6-15(17)11(2)7-14/h5-8,10,18H,4,9H2,1-3H3. The third kappa shape index (κ3) is 3.54. The van der Waals surface area contributed by atoms with E-state index < -0.39 is 0 Å². The minimum atomic E-state index is -0.226. The molecule has 0 radical (unpaired) electrons. The first-order valence-corrected chi connectivity index (χ1v) is 6.70. The van der Waals surface area contributed by atoms with Crippen molar-refractivity contribution in [2.75, 3.05) is 6.54 Å². The molecule has 3 nitrogen and oxygen atoms in total. The Hall–Kier alpha value is -1.94. The Bertz CT molecular complexity index is 599. The lowest BCUT2D eigenvalue weighted by Crippen LogP contribution is -2.12. The van der Waals surface area contributed by atoms with Gasteiger partial charge in [0.05, 0.1) is 0 Å². The van der Waals surface area contributed by atoms with E-state index in [-0.39, 0.29) is 5.82 Å². The number of ether oxygens (including phenoxy) is 1. The van der Waals surface area contributed by atoms with Crippen molar-refractivity contribution < 1.29 is 9.13 Å². The molecule has 0 aliphatic rings. The van der Waals surface area contributed by atoms with Gasteiger partial charge in [0.25, 0.3) is 0 Å². The fourth-order valence-electron chi connectivity index (χ4n) is 1.86. The molecule has 20 heavy (non-hydrogen) atoms. The molecule has 1 heterocycles. The predicted molar refractivity (Wildman–Crippen MR) is 77.6 cm³/mol. The molecule has 0 bridgehead atoms. The van der Waals surface area contributed by atoms with E-state index in [1.165, 1.54) is 6.07 Å². The molecular formula is C16H19FN2O. The maximum Gasteiger partial charge on any atom is 0.135 e. The second-order valence-corrected chi connectivity index (χ2v) is 4.73. The number of halogens is 1. The number of aryl methyl sites for hydroxylation is 2. The van der Waals surface area contributed by atoms with Gasteiger partial charge in [0, 0.05) is 30.1 Å². The molecule has 0 aliphatic heterocycles. The monoisotopic (exact) mass is 274 g/mol. The number of rotatable bonds is 5. The first kappa shape index (κ1) is 14.5. The van der Waals surface area contributed by atoms with Gasteiger partial charge in [-0.15, -0.1) is 0 Å². The number of hydrogen-bond donors (Lipinski definition) is 1. The summed E-state index contributed by atoms with van der Waals surface area (Å²) in [6.45, 7) is 7.26. The molecular weight excluding hydrogens is 255 g/mol. The van der Waals surface area contributed by atoms with Crippen LogP contribution in [-0.2, 0) is 6.54 Å². The zero-order valence-corrected chi connectivity index (χ0v) is 12.0. The van der Waals surface area contributed by atoms with Crippen molar-refractivity contribution in [3.05, 3.63) is 53.1 Å². The molecule has 0 aliphatic carbocycles. The smallest absolute Gasteiger partial charge is 0.135 e. The van der Waals surface area contributed by atoms with Crippen LogP contribution in [0.1, 0.15) is 23.7 Å². The highest BCUT2D eigenvalue weighted by atomic mass is 19.1. The summed E-state index contributed by atoms with van der Waals surface area (Å²) >= 11 is 0. The Kier molecular flexibility index (Phi) is 4.69. The number of pyridine rings is 1. The van der Waals surface area contributed by atoms with Gasteiger partial charge >= 0.3 is 0 Å². The van der Waals surface area contributed by atoms with Crippen molar-refractivity contribution >= 4 is 0 Å². The summed E-state index contributed by atoms with van der Waals surface area (Å²) in [4.78, 5) is 4.29. The van der Waals surface area contributed by atoms with E-state index in [9.17, 15) is 4.39 Å². The van der Waals surface area contributed by atoms with Crippen molar-refractivity contribution in [2.24, 2.45) is 0 Å². The molecule has 0 saturated heterocycles. The van der Waals surface area contributed by atoms with Crippen LogP contribution < -0.4 is 10.1 Å². The average Bonchev–Trinajstić information content (AvgIpc) is 2.42. The summed E-state index contributed by atoms with van der Waals surface area (Å²) in [5.41, 5.74) is 2.44. The molecule has 0 amide bonds. The molecule has 0 atom stereocenters. The summed E-state index contributed by atoms with van der Waals surface area (Å²) in [7, 11) is 0. The van der Waals surface area contributed by atoms with Crippen LogP contribution in [0.15, 0.2) is 30.5 Å². The molecule has 0 fully saturated rings. The topological polar surface area (TPSA) is 34.2 Å². The lowest BCUT2D eigenvalue weighted by atomic mass is 10.2. The highest BCUT2D eigenvalue weighted by Crippen LogP contribution is 2.27. The minimum Gasteiger partial charge on any atom is -0.457 e. The average molecular weight is 274 g/mol. The predicted octanol–water partition coefficient (Wildman–Crippen LogP) is 3.74. The Labute approximate surface area is 118 Å². The molecule has 1 aromatic heterocycles. The van der Waals surface area contributed by atoms with Gasteiger partial charge in [0.15, 0.2) is 0 Å². The van der Waals surface area contributed by atoms with Crippen molar-refractivity contribution in [3.63, 3.8) is 0 Å². The Morgan fingerprint density at radius 3 is 2.75 bits per heavy atom. The first-order valence-electron chi connectivity index (χ1n) is 6.70. The van der Waals surface area contributed by atoms with Gasteiger partial charge in [0.2, 0.25) is 0 Å². The zero-order valence-electron chi connectivity index (χ0n) is 12.0. The van der Waals surface area contributed by atoms with Crippen LogP contribution in [0.2, 0.25) is 0 Å². The van der Waals surface area contributed by atoms with E-state index in [1.54, 1.807) is 19.1 Å². The fraction of sp³-hybridized carbons (Fsp3) is 0.312. The lowest BCUT2D eigenvalue weighted by Gasteiger charge is -2.12. The summed E-state index contributed by atoms with van der Waals surface area (Å²) < 4.78 is 19.1. The SMILES string of the molecule is CCNCc1cnc(C)cc1Oc1ccc(F)c(C)c1. The largest absolute Gasteiger partial charge is 0.457 e. The van der Waals surface area contributed by atoms with Gasteiger partial charge in [-0.25, -0.2) is 4.39 Å². The molecule has 2 aromatic rings. The normalized spacial score (nSPS) is 10.6. The first-order chi connectivity index (χ1) is 9.60. The van der Waals surface area contributed by atoms with Crippen molar-refractivity contribution in [2.45, 2.75) is 27.3 Å². The van der Waals surface area contributed by atoms with Crippen LogP contribution in [0, 0.1) is 19.7 Å². The van der Waals surface area contributed by atoms with Crippen LogP contribution in [0.3, 0.4) is 0 Å². The van der Waals surface area contributed by atoms with Gasteiger partial charge in [-0.05, 0) is 44.2 Å². The van der Waals surface area contributed by atoms with E-state index in [2.05, 4.69) is 10.3 Å². The molecule has 106 valence electrons. The van der Waals surface area contributed by atoms with E-state index >= 15 is 0 Å². The van der Waals surface area contributed by atoms with Gasteiger partial charge in [-0.2, -0.15) is 0 Å². The summed E-state index contributed by atoms with van der Waals surface area (Å²) in [5.74, 6) is 1.16. The quantitative estimate of drug-likeness (QED) is 0.902. The molecule has 1 aromatic carbocycles. The highest BCUT2D eigenvalue weighted by molar-refractivity contribution is 5.39.